The number of hydrogen-bond acceptors (Lipinski definition) is 7. The molecule has 38 heavy (non-hydrogen) atoms. The standard InChI is InChI=1S/C30H33N5O2S/c1-19-9-11-23-24(7-5-8-26(23)31-19)28-32-33-29(34(28)3)38-14-6-13-35-17-22-16-30(22,18-35)21-10-12-27(37-4)25(15-21)20(2)36/h5,7-12,15,22H,6,13-14,16-18H2,1-4H3/t22-,30-/m0/s1. The number of hydrogen-bond donors (Lipinski definition) is 0. The molecule has 196 valence electrons. The van der Waals surface area contributed by atoms with E-state index in [4.69, 9.17) is 4.74 Å². The fraction of sp³-hybridized carbons (Fsp3) is 0.400. The lowest BCUT2D eigenvalue weighted by Crippen LogP contribution is -2.28. The summed E-state index contributed by atoms with van der Waals surface area (Å²) in [4.78, 5) is 19.4. The maximum Gasteiger partial charge on any atom is 0.191 e. The fourth-order valence-corrected chi connectivity index (χ4v) is 6.91. The van der Waals surface area contributed by atoms with E-state index in [-0.39, 0.29) is 11.2 Å². The summed E-state index contributed by atoms with van der Waals surface area (Å²) >= 11 is 1.77. The Morgan fingerprint density at radius 3 is 2.87 bits per heavy atom. The van der Waals surface area contributed by atoms with Crippen LogP contribution in [0.5, 0.6) is 5.75 Å². The number of methoxy groups -OCH3 is 1. The largest absolute Gasteiger partial charge is 0.496 e. The van der Waals surface area contributed by atoms with Crippen molar-refractivity contribution < 1.29 is 9.53 Å². The zero-order valence-corrected chi connectivity index (χ0v) is 23.2. The van der Waals surface area contributed by atoms with E-state index in [0.717, 1.165) is 64.9 Å². The Morgan fingerprint density at radius 1 is 1.18 bits per heavy atom. The van der Waals surface area contributed by atoms with Gasteiger partial charge in [0, 0.05) is 47.9 Å². The molecule has 2 atom stereocenters. The molecule has 0 bridgehead atoms. The third-order valence-electron chi connectivity index (χ3n) is 8.17. The first-order valence-corrected chi connectivity index (χ1v) is 14.2. The number of benzene rings is 2. The third-order valence-corrected chi connectivity index (χ3v) is 9.27. The lowest BCUT2D eigenvalue weighted by Gasteiger charge is -2.21. The molecule has 2 aliphatic rings. The molecule has 2 fully saturated rings. The van der Waals surface area contributed by atoms with Crippen molar-refractivity contribution in [2.45, 2.75) is 37.3 Å². The number of ether oxygens (including phenoxy) is 1. The summed E-state index contributed by atoms with van der Waals surface area (Å²) in [5.41, 5.74) is 5.23. The number of pyridine rings is 1. The van der Waals surface area contributed by atoms with Gasteiger partial charge in [0.05, 0.1) is 18.2 Å². The lowest BCUT2D eigenvalue weighted by atomic mass is 9.92. The van der Waals surface area contributed by atoms with Crippen LogP contribution in [0.4, 0.5) is 0 Å². The molecule has 8 heteroatoms. The Balaban J connectivity index is 1.07. The number of Topliss-reactive ketones (excluding diaryl/α,β-unsaturated/α-hetero) is 1. The van der Waals surface area contributed by atoms with Crippen molar-refractivity contribution in [1.29, 1.82) is 0 Å². The maximum atomic E-state index is 12.1. The van der Waals surface area contributed by atoms with Gasteiger partial charge in [-0.1, -0.05) is 36.0 Å². The van der Waals surface area contributed by atoms with Gasteiger partial charge in [-0.2, -0.15) is 0 Å². The van der Waals surface area contributed by atoms with Crippen molar-refractivity contribution in [3.05, 3.63) is 65.4 Å². The average Bonchev–Trinajstić information content (AvgIpc) is 3.29. The SMILES string of the molecule is COc1ccc([C@@]23C[C@H]2CN(CCCSc2nnc(-c4cccc5nc(C)ccc45)n2C)C3)cc1C(C)=O. The van der Waals surface area contributed by atoms with E-state index in [2.05, 4.69) is 48.9 Å². The first kappa shape index (κ1) is 25.1. The van der Waals surface area contributed by atoms with Gasteiger partial charge in [-0.15, -0.1) is 10.2 Å². The van der Waals surface area contributed by atoms with Gasteiger partial charge in [-0.05, 0) is 69.0 Å². The molecule has 0 radical (unpaired) electrons. The highest BCUT2D eigenvalue weighted by Crippen LogP contribution is 2.59. The van der Waals surface area contributed by atoms with Crippen molar-refractivity contribution in [2.24, 2.45) is 13.0 Å². The predicted octanol–water partition coefficient (Wildman–Crippen LogP) is 5.31. The molecule has 0 N–H and O–H groups in total. The molecule has 2 aromatic heterocycles. The van der Waals surface area contributed by atoms with Crippen LogP contribution in [0.25, 0.3) is 22.3 Å². The second-order valence-corrected chi connectivity index (χ2v) is 11.7. The van der Waals surface area contributed by atoms with Gasteiger partial charge in [0.2, 0.25) is 0 Å². The summed E-state index contributed by atoms with van der Waals surface area (Å²) in [5, 5.41) is 11.1. The number of thioether (sulfide) groups is 1. The summed E-state index contributed by atoms with van der Waals surface area (Å²) in [6.45, 7) is 6.89. The third kappa shape index (κ3) is 4.39. The topological polar surface area (TPSA) is 73.1 Å². The molecule has 0 unspecified atom stereocenters. The van der Waals surface area contributed by atoms with Crippen LogP contribution in [0.3, 0.4) is 0 Å². The number of rotatable bonds is 9. The summed E-state index contributed by atoms with van der Waals surface area (Å²) in [6.07, 6.45) is 2.31. The van der Waals surface area contributed by atoms with Crippen LogP contribution >= 0.6 is 11.8 Å². The highest BCUT2D eigenvalue weighted by atomic mass is 32.2. The molecule has 2 aromatic carbocycles. The smallest absolute Gasteiger partial charge is 0.191 e. The number of likely N-dealkylation sites (tertiary alicyclic amines) is 1. The monoisotopic (exact) mass is 527 g/mol. The fourth-order valence-electron chi connectivity index (χ4n) is 6.08. The van der Waals surface area contributed by atoms with Crippen molar-refractivity contribution in [3.63, 3.8) is 0 Å². The number of fused-ring (bicyclic) bond motifs is 2. The van der Waals surface area contributed by atoms with Crippen molar-refractivity contribution >= 4 is 28.4 Å². The minimum absolute atomic E-state index is 0.0586. The Hall–Kier alpha value is -3.23. The molecule has 1 saturated heterocycles. The number of piperidine rings is 1. The van der Waals surface area contributed by atoms with Crippen LogP contribution in [0.15, 0.2) is 53.7 Å². The summed E-state index contributed by atoms with van der Waals surface area (Å²) in [7, 11) is 3.67. The van der Waals surface area contributed by atoms with Crippen molar-refractivity contribution in [2.75, 3.05) is 32.5 Å². The number of nitrogens with zero attached hydrogens (tertiary/aromatic N) is 5. The number of aromatic nitrogens is 4. The number of aryl methyl sites for hydroxylation is 1. The van der Waals surface area contributed by atoms with Gasteiger partial charge in [0.15, 0.2) is 16.8 Å². The summed E-state index contributed by atoms with van der Waals surface area (Å²) in [6, 6.07) is 16.5. The zero-order valence-electron chi connectivity index (χ0n) is 22.4. The van der Waals surface area contributed by atoms with Crippen molar-refractivity contribution in [3.8, 4) is 17.1 Å². The molecule has 1 aliphatic carbocycles. The second-order valence-electron chi connectivity index (χ2n) is 10.7. The molecule has 1 aliphatic heterocycles. The molecule has 4 aromatic rings. The van der Waals surface area contributed by atoms with Gasteiger partial charge < -0.3 is 14.2 Å². The molecule has 0 spiro atoms. The van der Waals surface area contributed by atoms with Gasteiger partial charge in [0.1, 0.15) is 5.75 Å². The number of carbonyl (C=O) groups is 1. The second kappa shape index (κ2) is 9.82. The Kier molecular flexibility index (Phi) is 6.48. The predicted molar refractivity (Wildman–Crippen MR) is 151 cm³/mol. The van der Waals surface area contributed by atoms with Crippen LogP contribution in [-0.2, 0) is 12.5 Å². The van der Waals surface area contributed by atoms with E-state index in [1.54, 1.807) is 25.8 Å². The highest BCUT2D eigenvalue weighted by Gasteiger charge is 2.60. The summed E-state index contributed by atoms with van der Waals surface area (Å²) in [5.74, 6) is 3.27. The van der Waals surface area contributed by atoms with Gasteiger partial charge in [-0.25, -0.2) is 0 Å². The number of carbonyl (C=O) groups excluding carboxylic acids is 1. The molecule has 0 amide bonds. The first-order chi connectivity index (χ1) is 18.4. The van der Waals surface area contributed by atoms with E-state index >= 15 is 0 Å². The van der Waals surface area contributed by atoms with E-state index in [0.29, 0.717) is 17.2 Å². The zero-order chi connectivity index (χ0) is 26.4. The van der Waals surface area contributed by atoms with Crippen LogP contribution in [0.1, 0.15) is 41.4 Å². The van der Waals surface area contributed by atoms with E-state index in [1.807, 2.05) is 38.2 Å². The highest BCUT2D eigenvalue weighted by molar-refractivity contribution is 7.99. The van der Waals surface area contributed by atoms with Gasteiger partial charge in [0.25, 0.3) is 0 Å². The van der Waals surface area contributed by atoms with E-state index in [1.165, 1.54) is 12.0 Å². The average molecular weight is 528 g/mol. The van der Waals surface area contributed by atoms with Gasteiger partial charge >= 0.3 is 0 Å². The molecular formula is C30H33N5O2S. The normalized spacial score (nSPS) is 20.6. The number of ketones is 1. The molecule has 7 nitrogen and oxygen atoms in total. The van der Waals surface area contributed by atoms with Crippen LogP contribution in [0, 0.1) is 12.8 Å². The van der Waals surface area contributed by atoms with E-state index < -0.39 is 0 Å². The van der Waals surface area contributed by atoms with Crippen molar-refractivity contribution in [1.82, 2.24) is 24.6 Å². The Bertz CT molecular complexity index is 1530. The van der Waals surface area contributed by atoms with Crippen LogP contribution in [0.2, 0.25) is 0 Å². The molecule has 3 heterocycles. The molecule has 1 saturated carbocycles. The summed E-state index contributed by atoms with van der Waals surface area (Å²) < 4.78 is 7.50. The van der Waals surface area contributed by atoms with E-state index in [9.17, 15) is 4.79 Å². The lowest BCUT2D eigenvalue weighted by molar-refractivity contribution is 0.101. The Morgan fingerprint density at radius 2 is 2.05 bits per heavy atom. The molecular weight excluding hydrogens is 494 g/mol. The van der Waals surface area contributed by atoms with Crippen LogP contribution in [-0.4, -0.2) is 62.9 Å². The maximum absolute atomic E-state index is 12.1. The minimum atomic E-state index is 0.0586. The Labute approximate surface area is 227 Å². The van der Waals surface area contributed by atoms with Crippen LogP contribution < -0.4 is 4.74 Å². The quantitative estimate of drug-likeness (QED) is 0.166. The van der Waals surface area contributed by atoms with Gasteiger partial charge in [-0.3, -0.25) is 9.78 Å². The minimum Gasteiger partial charge on any atom is -0.496 e. The first-order valence-electron chi connectivity index (χ1n) is 13.2. The molecule has 6 rings (SSSR count).